The Bertz CT molecular complexity index is 945. The van der Waals surface area contributed by atoms with Crippen molar-refractivity contribution >= 4 is 21.6 Å². The fourth-order valence-electron chi connectivity index (χ4n) is 4.14. The van der Waals surface area contributed by atoms with Gasteiger partial charge in [0.05, 0.1) is 10.3 Å². The molecule has 6 heteroatoms. The van der Waals surface area contributed by atoms with Gasteiger partial charge in [-0.15, -0.1) is 0 Å². The van der Waals surface area contributed by atoms with E-state index in [4.69, 9.17) is 0 Å². The first-order chi connectivity index (χ1) is 14.4. The van der Waals surface area contributed by atoms with Gasteiger partial charge in [0.1, 0.15) is 0 Å². The molecule has 2 aromatic carbocycles. The van der Waals surface area contributed by atoms with Gasteiger partial charge in [0, 0.05) is 12.2 Å². The van der Waals surface area contributed by atoms with Crippen molar-refractivity contribution in [3.63, 3.8) is 0 Å². The maximum Gasteiger partial charge on any atom is 0.261 e. The second kappa shape index (κ2) is 9.65. The summed E-state index contributed by atoms with van der Waals surface area (Å²) in [4.78, 5) is 13.3. The summed E-state index contributed by atoms with van der Waals surface area (Å²) in [6, 6.07) is 14.1. The molecule has 0 saturated heterocycles. The van der Waals surface area contributed by atoms with Crippen LogP contribution in [0.1, 0.15) is 63.0 Å². The molecule has 0 atom stereocenters. The zero-order chi connectivity index (χ0) is 21.6. The van der Waals surface area contributed by atoms with Crippen LogP contribution in [0.5, 0.6) is 0 Å². The van der Waals surface area contributed by atoms with E-state index in [1.165, 1.54) is 0 Å². The van der Waals surface area contributed by atoms with Crippen molar-refractivity contribution in [3.8, 4) is 0 Å². The molecule has 0 spiro atoms. The molecule has 0 heterocycles. The Labute approximate surface area is 180 Å². The molecular formula is C24H32N2O3S. The SMILES string of the molecule is CCCCNC(=O)C1(c2ccc(NS(=O)(=O)c3ccc(C)cc3)cc2)CCCCC1. The predicted molar refractivity (Wildman–Crippen MR) is 121 cm³/mol. The smallest absolute Gasteiger partial charge is 0.261 e. The topological polar surface area (TPSA) is 75.3 Å². The van der Waals surface area contributed by atoms with Crippen LogP contribution in [0.25, 0.3) is 0 Å². The number of sulfonamides is 1. The van der Waals surface area contributed by atoms with E-state index in [0.717, 1.165) is 56.1 Å². The summed E-state index contributed by atoms with van der Waals surface area (Å²) >= 11 is 0. The Morgan fingerprint density at radius 3 is 2.20 bits per heavy atom. The second-order valence-corrected chi connectivity index (χ2v) is 9.93. The molecule has 5 nitrogen and oxygen atoms in total. The average Bonchev–Trinajstić information content (AvgIpc) is 2.75. The van der Waals surface area contributed by atoms with Gasteiger partial charge in [-0.3, -0.25) is 9.52 Å². The summed E-state index contributed by atoms with van der Waals surface area (Å²) in [5.41, 5.74) is 1.96. The summed E-state index contributed by atoms with van der Waals surface area (Å²) in [6.07, 6.45) is 6.90. The minimum absolute atomic E-state index is 0.101. The quantitative estimate of drug-likeness (QED) is 0.586. The van der Waals surface area contributed by atoms with Gasteiger partial charge < -0.3 is 5.32 Å². The molecule has 3 rings (SSSR count). The molecule has 0 aliphatic heterocycles. The number of benzene rings is 2. The van der Waals surface area contributed by atoms with E-state index in [1.807, 2.05) is 19.1 Å². The van der Waals surface area contributed by atoms with Gasteiger partial charge in [-0.1, -0.05) is 62.4 Å². The van der Waals surface area contributed by atoms with Gasteiger partial charge >= 0.3 is 0 Å². The maximum absolute atomic E-state index is 13.1. The van der Waals surface area contributed by atoms with Crippen LogP contribution in [0.15, 0.2) is 53.4 Å². The number of hydrogen-bond donors (Lipinski definition) is 2. The van der Waals surface area contributed by atoms with Gasteiger partial charge in [-0.2, -0.15) is 0 Å². The van der Waals surface area contributed by atoms with E-state index >= 15 is 0 Å². The summed E-state index contributed by atoms with van der Waals surface area (Å²) < 4.78 is 27.9. The lowest BCUT2D eigenvalue weighted by Crippen LogP contribution is -2.46. The van der Waals surface area contributed by atoms with Gasteiger partial charge in [0.25, 0.3) is 10.0 Å². The van der Waals surface area contributed by atoms with E-state index in [9.17, 15) is 13.2 Å². The van der Waals surface area contributed by atoms with Crippen molar-refractivity contribution in [1.29, 1.82) is 0 Å². The molecule has 1 aliphatic rings. The van der Waals surface area contributed by atoms with Crippen molar-refractivity contribution in [2.24, 2.45) is 0 Å². The van der Waals surface area contributed by atoms with Crippen LogP contribution in [0, 0.1) is 6.92 Å². The number of unbranched alkanes of at least 4 members (excludes halogenated alkanes) is 1. The molecule has 1 fully saturated rings. The highest BCUT2D eigenvalue weighted by Gasteiger charge is 2.40. The monoisotopic (exact) mass is 428 g/mol. The first-order valence-corrected chi connectivity index (χ1v) is 12.3. The summed E-state index contributed by atoms with van der Waals surface area (Å²) in [5, 5.41) is 3.12. The Morgan fingerprint density at radius 2 is 1.60 bits per heavy atom. The molecule has 2 aromatic rings. The number of anilines is 1. The highest BCUT2D eigenvalue weighted by atomic mass is 32.2. The number of amides is 1. The van der Waals surface area contributed by atoms with Gasteiger partial charge in [0.15, 0.2) is 0 Å². The Morgan fingerprint density at radius 1 is 0.967 bits per heavy atom. The lowest BCUT2D eigenvalue weighted by molar-refractivity contribution is -0.128. The van der Waals surface area contributed by atoms with Crippen LogP contribution < -0.4 is 10.0 Å². The maximum atomic E-state index is 13.1. The third-order valence-corrected chi connectivity index (χ3v) is 7.38. The second-order valence-electron chi connectivity index (χ2n) is 8.25. The molecule has 0 aromatic heterocycles. The number of aryl methyl sites for hydroxylation is 1. The fourth-order valence-corrected chi connectivity index (χ4v) is 5.20. The number of carbonyl (C=O) groups is 1. The van der Waals surface area contributed by atoms with Gasteiger partial charge in [-0.05, 0) is 56.0 Å². The van der Waals surface area contributed by atoms with Crippen LogP contribution in [0.2, 0.25) is 0 Å². The first-order valence-electron chi connectivity index (χ1n) is 10.9. The van der Waals surface area contributed by atoms with Crippen molar-refractivity contribution in [3.05, 3.63) is 59.7 Å². The van der Waals surface area contributed by atoms with E-state index in [2.05, 4.69) is 17.0 Å². The van der Waals surface area contributed by atoms with Crippen LogP contribution in [0.4, 0.5) is 5.69 Å². The van der Waals surface area contributed by atoms with Crippen molar-refractivity contribution in [2.45, 2.75) is 69.1 Å². The zero-order valence-electron chi connectivity index (χ0n) is 17.9. The van der Waals surface area contributed by atoms with Gasteiger partial charge in [0.2, 0.25) is 5.91 Å². The summed E-state index contributed by atoms with van der Waals surface area (Å²) in [6.45, 7) is 4.73. The van der Waals surface area contributed by atoms with E-state index < -0.39 is 15.4 Å². The highest BCUT2D eigenvalue weighted by Crippen LogP contribution is 2.40. The molecule has 1 saturated carbocycles. The minimum Gasteiger partial charge on any atom is -0.355 e. The summed E-state index contributed by atoms with van der Waals surface area (Å²) in [5.74, 6) is 0.101. The molecule has 2 N–H and O–H groups in total. The third kappa shape index (κ3) is 5.04. The third-order valence-electron chi connectivity index (χ3n) is 5.98. The lowest BCUT2D eigenvalue weighted by Gasteiger charge is -2.36. The fraction of sp³-hybridized carbons (Fsp3) is 0.458. The molecule has 1 aliphatic carbocycles. The molecule has 0 bridgehead atoms. The highest BCUT2D eigenvalue weighted by molar-refractivity contribution is 7.92. The number of nitrogens with one attached hydrogen (secondary N) is 2. The van der Waals surface area contributed by atoms with Crippen molar-refractivity contribution < 1.29 is 13.2 Å². The van der Waals surface area contributed by atoms with Crippen molar-refractivity contribution in [2.75, 3.05) is 11.3 Å². The Hall–Kier alpha value is -2.34. The normalized spacial score (nSPS) is 16.1. The van der Waals surface area contributed by atoms with Crippen LogP contribution >= 0.6 is 0 Å². The first kappa shape index (κ1) is 22.3. The van der Waals surface area contributed by atoms with Crippen LogP contribution in [-0.4, -0.2) is 20.9 Å². The van der Waals surface area contributed by atoms with Crippen LogP contribution in [0.3, 0.4) is 0 Å². The number of carbonyl (C=O) groups excluding carboxylic acids is 1. The average molecular weight is 429 g/mol. The largest absolute Gasteiger partial charge is 0.355 e. The summed E-state index contributed by atoms with van der Waals surface area (Å²) in [7, 11) is -3.64. The minimum atomic E-state index is -3.64. The van der Waals surface area contributed by atoms with E-state index in [-0.39, 0.29) is 10.8 Å². The number of rotatable bonds is 8. The molecule has 162 valence electrons. The standard InChI is InChI=1S/C24H32N2O3S/c1-3-4-18-25-23(27)24(16-6-5-7-17-24)20-10-12-21(13-11-20)26-30(28,29)22-14-8-19(2)9-15-22/h8-15,26H,3-7,16-18H2,1-2H3,(H,25,27). The molecule has 30 heavy (non-hydrogen) atoms. The number of hydrogen-bond acceptors (Lipinski definition) is 3. The Balaban J connectivity index is 1.79. The molecule has 1 amide bonds. The van der Waals surface area contributed by atoms with E-state index in [1.54, 1.807) is 36.4 Å². The zero-order valence-corrected chi connectivity index (χ0v) is 18.7. The van der Waals surface area contributed by atoms with Crippen molar-refractivity contribution in [1.82, 2.24) is 5.32 Å². The van der Waals surface area contributed by atoms with Gasteiger partial charge in [-0.25, -0.2) is 8.42 Å². The predicted octanol–water partition coefficient (Wildman–Crippen LogP) is 4.91. The lowest BCUT2D eigenvalue weighted by atomic mass is 9.68. The van der Waals surface area contributed by atoms with E-state index in [0.29, 0.717) is 12.2 Å². The molecule has 0 unspecified atom stereocenters. The Kier molecular flexibility index (Phi) is 7.19. The molecular weight excluding hydrogens is 396 g/mol. The van der Waals surface area contributed by atoms with Crippen LogP contribution in [-0.2, 0) is 20.2 Å². The molecule has 0 radical (unpaired) electrons.